The summed E-state index contributed by atoms with van der Waals surface area (Å²) in [6.45, 7) is 11.5. The first kappa shape index (κ1) is 35.6. The van der Waals surface area contributed by atoms with E-state index in [4.69, 9.17) is 42.6 Å². The van der Waals surface area contributed by atoms with Crippen molar-refractivity contribution in [2.24, 2.45) is 0 Å². The summed E-state index contributed by atoms with van der Waals surface area (Å²) in [6.07, 6.45) is -10.4. The van der Waals surface area contributed by atoms with Crippen molar-refractivity contribution in [3.05, 3.63) is 12.7 Å². The fraction of sp³-hybridized carbons (Fsp3) is 0.704. The van der Waals surface area contributed by atoms with Crippen molar-refractivity contribution in [2.75, 3.05) is 13.2 Å². The molecule has 0 bridgehead atoms. The van der Waals surface area contributed by atoms with E-state index in [9.17, 15) is 28.8 Å². The molecule has 1 N–H and O–H groups in total. The minimum absolute atomic E-state index is 0.0440. The van der Waals surface area contributed by atoms with Crippen LogP contribution in [0.25, 0.3) is 0 Å². The van der Waals surface area contributed by atoms with E-state index in [0.717, 1.165) is 27.7 Å². The fourth-order valence-corrected chi connectivity index (χ4v) is 4.66. The van der Waals surface area contributed by atoms with Gasteiger partial charge in [0.05, 0.1) is 12.7 Å². The van der Waals surface area contributed by atoms with Gasteiger partial charge in [0.1, 0.15) is 24.9 Å². The van der Waals surface area contributed by atoms with Crippen molar-refractivity contribution in [3.8, 4) is 0 Å². The van der Waals surface area contributed by atoms with Gasteiger partial charge in [-0.05, 0) is 6.92 Å². The van der Waals surface area contributed by atoms with E-state index in [1.807, 2.05) is 0 Å². The van der Waals surface area contributed by atoms with Crippen LogP contribution < -0.4 is 5.32 Å². The SMILES string of the molecule is C=CCO[C@H]1O[C@H](COC(C)=O)[C@@H](OC(C)=O)[C@H](O[C@@H]2O[C@@H](C)[C@@H](OC(C)=O)[C@@H](OC(C)=O)[C@@H]2OC(C)=O)[C@H]1NC(C)=O. The molecule has 2 saturated heterocycles. The van der Waals surface area contributed by atoms with Crippen LogP contribution in [0.4, 0.5) is 0 Å². The second-order valence-corrected chi connectivity index (χ2v) is 9.80. The minimum Gasteiger partial charge on any atom is -0.463 e. The average molecular weight is 618 g/mol. The molecule has 0 aromatic rings. The Hall–Kier alpha value is -3.60. The van der Waals surface area contributed by atoms with Crippen LogP contribution >= 0.6 is 0 Å². The molecule has 2 heterocycles. The smallest absolute Gasteiger partial charge is 0.303 e. The maximum absolute atomic E-state index is 12.3. The third-order valence-corrected chi connectivity index (χ3v) is 6.07. The van der Waals surface area contributed by atoms with Crippen LogP contribution in [0.5, 0.6) is 0 Å². The highest BCUT2D eigenvalue weighted by Gasteiger charge is 2.56. The Morgan fingerprint density at radius 3 is 1.74 bits per heavy atom. The predicted molar refractivity (Wildman–Crippen MR) is 140 cm³/mol. The number of hydrogen-bond donors (Lipinski definition) is 1. The molecule has 0 unspecified atom stereocenters. The molecule has 10 atom stereocenters. The van der Waals surface area contributed by atoms with Crippen LogP contribution in [0.3, 0.4) is 0 Å². The Balaban J connectivity index is 2.64. The monoisotopic (exact) mass is 617 g/mol. The third-order valence-electron chi connectivity index (χ3n) is 6.07. The summed E-state index contributed by atoms with van der Waals surface area (Å²) in [6, 6.07) is -1.19. The number of ether oxygens (including phenoxy) is 9. The summed E-state index contributed by atoms with van der Waals surface area (Å²) in [4.78, 5) is 72.2. The zero-order valence-corrected chi connectivity index (χ0v) is 25.1. The fourth-order valence-electron chi connectivity index (χ4n) is 4.66. The second-order valence-electron chi connectivity index (χ2n) is 9.80. The molecule has 2 aliphatic rings. The van der Waals surface area contributed by atoms with Crippen LogP contribution in [0.1, 0.15) is 48.5 Å². The minimum atomic E-state index is -1.55. The predicted octanol–water partition coefficient (Wildman–Crippen LogP) is -0.161. The number of amides is 1. The van der Waals surface area contributed by atoms with Gasteiger partial charge in [0.15, 0.2) is 37.0 Å². The van der Waals surface area contributed by atoms with E-state index >= 15 is 0 Å². The lowest BCUT2D eigenvalue weighted by molar-refractivity contribution is -0.342. The van der Waals surface area contributed by atoms with Gasteiger partial charge in [-0.3, -0.25) is 28.8 Å². The molecule has 0 saturated carbocycles. The van der Waals surface area contributed by atoms with Crippen molar-refractivity contribution in [1.82, 2.24) is 5.32 Å². The van der Waals surface area contributed by atoms with E-state index in [1.54, 1.807) is 0 Å². The molecule has 0 spiro atoms. The van der Waals surface area contributed by atoms with Crippen molar-refractivity contribution in [3.63, 3.8) is 0 Å². The van der Waals surface area contributed by atoms with Crippen molar-refractivity contribution >= 4 is 35.8 Å². The quantitative estimate of drug-likeness (QED) is 0.172. The van der Waals surface area contributed by atoms with Gasteiger partial charge in [0.2, 0.25) is 5.91 Å². The summed E-state index contributed by atoms with van der Waals surface area (Å²) >= 11 is 0. The molecule has 1 amide bonds. The highest BCUT2D eigenvalue weighted by Crippen LogP contribution is 2.34. The lowest BCUT2D eigenvalue weighted by Gasteiger charge is -2.49. The van der Waals surface area contributed by atoms with Gasteiger partial charge in [0, 0.05) is 41.5 Å². The van der Waals surface area contributed by atoms with Gasteiger partial charge >= 0.3 is 29.8 Å². The maximum Gasteiger partial charge on any atom is 0.303 e. The van der Waals surface area contributed by atoms with Crippen LogP contribution in [0.2, 0.25) is 0 Å². The topological polar surface area (TPSA) is 198 Å². The normalized spacial score (nSPS) is 32.0. The standard InChI is InChI=1S/C27H39NO15/c1-9-10-35-26-20(28-13(3)29)23(22(39-16(6)32)19(42-26)11-36-14(4)30)43-27-25(41-18(8)34)24(40-17(7)33)21(12(2)37-27)38-15(5)31/h9,12,19-27H,1,10-11H2,2-8H3,(H,28,29)/t12-,19+,20+,21+,22+,23+,24+,25-,26-,27-/m0/s1. The molecular weight excluding hydrogens is 578 g/mol. The molecular formula is C27H39NO15. The summed E-state index contributed by atoms with van der Waals surface area (Å²) in [5, 5.41) is 2.65. The molecule has 2 fully saturated rings. The van der Waals surface area contributed by atoms with Crippen molar-refractivity contribution in [2.45, 2.75) is 110 Å². The van der Waals surface area contributed by atoms with Crippen LogP contribution in [-0.4, -0.2) is 110 Å². The molecule has 2 aliphatic heterocycles. The molecule has 16 heteroatoms. The maximum atomic E-state index is 12.3. The van der Waals surface area contributed by atoms with E-state index < -0.39 is 104 Å². The van der Waals surface area contributed by atoms with Crippen LogP contribution in [0.15, 0.2) is 12.7 Å². The second kappa shape index (κ2) is 16.3. The average Bonchev–Trinajstić information content (AvgIpc) is 2.87. The summed E-state index contributed by atoms with van der Waals surface area (Å²) < 4.78 is 50.9. The first-order chi connectivity index (χ1) is 20.1. The van der Waals surface area contributed by atoms with Gasteiger partial charge in [-0.1, -0.05) is 6.08 Å². The third kappa shape index (κ3) is 10.6. The molecule has 242 valence electrons. The summed E-state index contributed by atoms with van der Waals surface area (Å²) in [5.74, 6) is -4.31. The van der Waals surface area contributed by atoms with E-state index in [0.29, 0.717) is 0 Å². The Morgan fingerprint density at radius 2 is 1.23 bits per heavy atom. The van der Waals surface area contributed by atoms with Gasteiger partial charge in [-0.15, -0.1) is 6.58 Å². The van der Waals surface area contributed by atoms with Crippen molar-refractivity contribution < 1.29 is 71.4 Å². The molecule has 2 rings (SSSR count). The lowest BCUT2D eigenvalue weighted by Crippen LogP contribution is -2.69. The Bertz CT molecular complexity index is 1050. The number of hydrogen-bond acceptors (Lipinski definition) is 15. The van der Waals surface area contributed by atoms with E-state index in [-0.39, 0.29) is 6.61 Å². The summed E-state index contributed by atoms with van der Waals surface area (Å²) in [7, 11) is 0. The van der Waals surface area contributed by atoms with E-state index in [1.165, 1.54) is 26.8 Å². The highest BCUT2D eigenvalue weighted by atomic mass is 16.8. The molecule has 0 radical (unpaired) electrons. The zero-order chi connectivity index (χ0) is 32.4. The number of rotatable bonds is 12. The van der Waals surface area contributed by atoms with Gasteiger partial charge < -0.3 is 47.9 Å². The highest BCUT2D eigenvalue weighted by molar-refractivity contribution is 5.73. The van der Waals surface area contributed by atoms with E-state index in [2.05, 4.69) is 11.9 Å². The Morgan fingerprint density at radius 1 is 0.698 bits per heavy atom. The molecule has 0 aromatic carbocycles. The van der Waals surface area contributed by atoms with Gasteiger partial charge in [-0.25, -0.2) is 0 Å². The molecule has 0 aromatic heterocycles. The zero-order valence-electron chi connectivity index (χ0n) is 25.1. The number of carbonyl (C=O) groups excluding carboxylic acids is 6. The van der Waals surface area contributed by atoms with Gasteiger partial charge in [-0.2, -0.15) is 0 Å². The van der Waals surface area contributed by atoms with Crippen molar-refractivity contribution in [1.29, 1.82) is 0 Å². The number of nitrogens with one attached hydrogen (secondary N) is 1. The first-order valence-corrected chi connectivity index (χ1v) is 13.4. The van der Waals surface area contributed by atoms with Crippen LogP contribution in [0, 0.1) is 0 Å². The number of carbonyl (C=O) groups is 6. The Kier molecular flexibility index (Phi) is 13.5. The summed E-state index contributed by atoms with van der Waals surface area (Å²) in [5.41, 5.74) is 0. The largest absolute Gasteiger partial charge is 0.463 e. The lowest BCUT2D eigenvalue weighted by atomic mass is 9.94. The van der Waals surface area contributed by atoms with Crippen LogP contribution in [-0.2, 0) is 71.4 Å². The molecule has 16 nitrogen and oxygen atoms in total. The number of esters is 5. The Labute approximate surface area is 248 Å². The molecule has 0 aliphatic carbocycles. The molecule has 43 heavy (non-hydrogen) atoms. The first-order valence-electron chi connectivity index (χ1n) is 13.4. The van der Waals surface area contributed by atoms with Gasteiger partial charge in [0.25, 0.3) is 0 Å².